The van der Waals surface area contributed by atoms with Crippen LogP contribution >= 0.6 is 34.2 Å². The summed E-state index contributed by atoms with van der Waals surface area (Å²) in [7, 11) is -1.19. The molecule has 0 saturated carbocycles. The summed E-state index contributed by atoms with van der Waals surface area (Å²) in [5.41, 5.74) is 1.30. The number of aliphatic hydroxyl groups is 1. The van der Waals surface area contributed by atoms with Gasteiger partial charge in [0, 0.05) is 14.7 Å². The van der Waals surface area contributed by atoms with Crippen molar-refractivity contribution in [3.63, 3.8) is 0 Å². The van der Waals surface area contributed by atoms with Crippen LogP contribution in [0, 0.1) is 3.70 Å². The van der Waals surface area contributed by atoms with E-state index in [9.17, 15) is 5.11 Å². The third kappa shape index (κ3) is 4.73. The van der Waals surface area contributed by atoms with Crippen molar-refractivity contribution in [2.24, 2.45) is 0 Å². The first-order valence-corrected chi connectivity index (χ1v) is 14.8. The third-order valence-corrected chi connectivity index (χ3v) is 8.21. The molecule has 0 radical (unpaired) electrons. The number of aromatic nitrogens is 3. The maximum atomic E-state index is 9.95. The summed E-state index contributed by atoms with van der Waals surface area (Å²) in [5, 5.41) is 10.5. The number of halogens is 2. The Bertz CT molecular complexity index is 892. The van der Waals surface area contributed by atoms with Gasteiger partial charge in [-0.2, -0.15) is 4.98 Å². The first kappa shape index (κ1) is 21.7. The number of rotatable bonds is 7. The van der Waals surface area contributed by atoms with E-state index in [1.807, 2.05) is 10.6 Å². The van der Waals surface area contributed by atoms with Crippen LogP contribution in [0.4, 0.5) is 0 Å². The quantitative estimate of drug-likeness (QED) is 0.244. The Hall–Kier alpha value is -0.503. The maximum Gasteiger partial charge on any atom is 0.301 e. The molecular formula is C18H25ClIN3O5Si. The predicted molar refractivity (Wildman–Crippen MR) is 119 cm³/mol. The molecule has 8 nitrogen and oxygen atoms in total. The topological polar surface area (TPSA) is 87.9 Å². The number of nitrogens with zero attached hydrogens (tertiary/aromatic N) is 3. The van der Waals surface area contributed by atoms with E-state index < -0.39 is 14.2 Å². The average molecular weight is 554 g/mol. The first-order valence-electron chi connectivity index (χ1n) is 9.61. The molecule has 29 heavy (non-hydrogen) atoms. The smallest absolute Gasteiger partial charge is 0.301 e. The summed E-state index contributed by atoms with van der Waals surface area (Å²) in [6, 6.07) is 3.29. The number of imidazole rings is 1. The van der Waals surface area contributed by atoms with Gasteiger partial charge < -0.3 is 24.1 Å². The van der Waals surface area contributed by atoms with Crippen molar-refractivity contribution in [3.05, 3.63) is 14.8 Å². The monoisotopic (exact) mass is 553 g/mol. The molecule has 2 aromatic rings. The van der Waals surface area contributed by atoms with E-state index in [0.29, 0.717) is 40.3 Å². The molecule has 4 atom stereocenters. The fourth-order valence-corrected chi connectivity index (χ4v) is 4.70. The Balaban J connectivity index is 1.57. The van der Waals surface area contributed by atoms with Crippen molar-refractivity contribution in [2.75, 3.05) is 19.8 Å². The Morgan fingerprint density at radius 3 is 2.79 bits per heavy atom. The van der Waals surface area contributed by atoms with E-state index in [1.54, 1.807) is 0 Å². The Morgan fingerprint density at radius 2 is 2.03 bits per heavy atom. The average Bonchev–Trinajstić information content (AvgIpc) is 3.29. The highest BCUT2D eigenvalue weighted by molar-refractivity contribution is 14.1. The van der Waals surface area contributed by atoms with Crippen LogP contribution in [-0.2, 0) is 20.9 Å². The summed E-state index contributed by atoms with van der Waals surface area (Å²) in [6.07, 6.45) is -1.66. The van der Waals surface area contributed by atoms with E-state index in [0.717, 1.165) is 11.6 Å². The van der Waals surface area contributed by atoms with Crippen molar-refractivity contribution in [2.45, 2.75) is 56.8 Å². The predicted octanol–water partition coefficient (Wildman–Crippen LogP) is 2.91. The zero-order valence-electron chi connectivity index (χ0n) is 16.6. The van der Waals surface area contributed by atoms with Crippen LogP contribution in [-0.4, -0.2) is 72.0 Å². The van der Waals surface area contributed by atoms with Crippen molar-refractivity contribution in [3.8, 4) is 6.01 Å². The van der Waals surface area contributed by atoms with E-state index in [4.69, 9.17) is 30.5 Å². The molecule has 2 saturated heterocycles. The second kappa shape index (κ2) is 8.56. The van der Waals surface area contributed by atoms with Gasteiger partial charge in [-0.1, -0.05) is 31.2 Å². The van der Waals surface area contributed by atoms with Crippen LogP contribution in [0.25, 0.3) is 11.2 Å². The van der Waals surface area contributed by atoms with Crippen molar-refractivity contribution >= 4 is 53.4 Å². The Morgan fingerprint density at radius 1 is 1.28 bits per heavy atom. The highest BCUT2D eigenvalue weighted by Gasteiger charge is 2.48. The molecule has 0 spiro atoms. The Kier molecular flexibility index (Phi) is 6.41. The van der Waals surface area contributed by atoms with E-state index in [1.165, 1.54) is 0 Å². The zero-order valence-corrected chi connectivity index (χ0v) is 20.5. The fourth-order valence-electron chi connectivity index (χ4n) is 3.41. The fraction of sp³-hybridized carbons (Fsp3) is 0.667. The molecule has 2 fully saturated rings. The van der Waals surface area contributed by atoms with Gasteiger partial charge in [0.1, 0.15) is 28.7 Å². The van der Waals surface area contributed by atoms with Crippen LogP contribution < -0.4 is 4.74 Å². The van der Waals surface area contributed by atoms with Gasteiger partial charge in [0.05, 0.1) is 23.8 Å². The summed E-state index contributed by atoms with van der Waals surface area (Å²) < 4.78 is 26.0. The van der Waals surface area contributed by atoms with Crippen molar-refractivity contribution in [1.29, 1.82) is 0 Å². The van der Waals surface area contributed by atoms with Gasteiger partial charge in [-0.25, -0.2) is 4.98 Å². The molecule has 160 valence electrons. The standard InChI is InChI=1S/C18H25ClIN3O5Si/c1-29(2,3)5-4-25-9-23-11-6-10(19)16(20)21-17(11)22-18(23)28-13-8-27-14-12(24)7-26-15(13)14/h6,12-15,24H,4-5,7-9H2,1-3H3/t12-,13-,14-,15-/m1/s1. The lowest BCUT2D eigenvalue weighted by atomic mass is 10.1. The van der Waals surface area contributed by atoms with E-state index >= 15 is 0 Å². The van der Waals surface area contributed by atoms with Crippen LogP contribution in [0.5, 0.6) is 6.01 Å². The van der Waals surface area contributed by atoms with E-state index in [-0.39, 0.29) is 24.9 Å². The molecule has 2 aromatic heterocycles. The van der Waals surface area contributed by atoms with Gasteiger partial charge >= 0.3 is 6.01 Å². The minimum Gasteiger partial charge on any atom is -0.456 e. The highest BCUT2D eigenvalue weighted by Crippen LogP contribution is 2.32. The molecule has 2 aliphatic rings. The molecule has 0 aliphatic carbocycles. The number of pyridine rings is 1. The molecule has 11 heteroatoms. The van der Waals surface area contributed by atoms with Crippen LogP contribution in [0.1, 0.15) is 0 Å². The minimum absolute atomic E-state index is 0.251. The number of ether oxygens (including phenoxy) is 4. The zero-order chi connectivity index (χ0) is 20.8. The molecule has 4 rings (SSSR count). The van der Waals surface area contributed by atoms with Gasteiger partial charge in [-0.05, 0) is 34.7 Å². The Labute approximate surface area is 189 Å². The minimum atomic E-state index is -1.19. The number of hydrogen-bond donors (Lipinski definition) is 1. The summed E-state index contributed by atoms with van der Waals surface area (Å²) >= 11 is 8.38. The normalized spacial score (nSPS) is 27.0. The summed E-state index contributed by atoms with van der Waals surface area (Å²) in [4.78, 5) is 9.03. The third-order valence-electron chi connectivity index (χ3n) is 5.07. The number of hydrogen-bond acceptors (Lipinski definition) is 7. The van der Waals surface area contributed by atoms with Gasteiger partial charge in [-0.3, -0.25) is 4.57 Å². The second-order valence-electron chi connectivity index (χ2n) is 8.59. The first-order chi connectivity index (χ1) is 13.7. The molecule has 0 aromatic carbocycles. The molecule has 0 bridgehead atoms. The molecule has 2 aliphatic heterocycles. The van der Waals surface area contributed by atoms with Gasteiger partial charge in [-0.15, -0.1) is 0 Å². The molecule has 1 N–H and O–H groups in total. The lowest BCUT2D eigenvalue weighted by Crippen LogP contribution is -2.35. The van der Waals surface area contributed by atoms with Crippen molar-refractivity contribution < 1.29 is 24.1 Å². The van der Waals surface area contributed by atoms with Gasteiger partial charge in [0.15, 0.2) is 11.8 Å². The number of fused-ring (bicyclic) bond motifs is 2. The largest absolute Gasteiger partial charge is 0.456 e. The summed E-state index contributed by atoms with van der Waals surface area (Å²) in [5.74, 6) is 0. The molecule has 0 amide bonds. The van der Waals surface area contributed by atoms with Crippen molar-refractivity contribution in [1.82, 2.24) is 14.5 Å². The van der Waals surface area contributed by atoms with Crippen LogP contribution in [0.3, 0.4) is 0 Å². The molecule has 4 heterocycles. The lowest BCUT2D eigenvalue weighted by Gasteiger charge is -2.19. The van der Waals surface area contributed by atoms with Gasteiger partial charge in [0.2, 0.25) is 0 Å². The second-order valence-corrected chi connectivity index (χ2v) is 15.6. The van der Waals surface area contributed by atoms with Crippen LogP contribution in [0.15, 0.2) is 6.07 Å². The number of aliphatic hydroxyl groups excluding tert-OH is 1. The SMILES string of the molecule is C[Si](C)(C)CCOCn1c(O[C@@H]2CO[C@H]3[C@@H]2OC[C@H]3O)nc2nc(I)c(Cl)cc21. The molecule has 0 unspecified atom stereocenters. The van der Waals surface area contributed by atoms with Gasteiger partial charge in [0.25, 0.3) is 0 Å². The summed E-state index contributed by atoms with van der Waals surface area (Å²) in [6.45, 7) is 8.49. The van der Waals surface area contributed by atoms with Crippen LogP contribution in [0.2, 0.25) is 30.7 Å². The molecular weight excluding hydrogens is 529 g/mol. The van der Waals surface area contributed by atoms with E-state index in [2.05, 4.69) is 52.2 Å². The lowest BCUT2D eigenvalue weighted by molar-refractivity contribution is 0.00339. The maximum absolute atomic E-state index is 9.95. The highest BCUT2D eigenvalue weighted by atomic mass is 127.